The van der Waals surface area contributed by atoms with Gasteiger partial charge in [0.2, 0.25) is 5.91 Å². The van der Waals surface area contributed by atoms with Gasteiger partial charge in [0.25, 0.3) is 0 Å². The second-order valence-electron chi connectivity index (χ2n) is 5.13. The Morgan fingerprint density at radius 2 is 2.13 bits per heavy atom. The van der Waals surface area contributed by atoms with Crippen LogP contribution >= 0.6 is 11.6 Å². The monoisotopic (exact) mass is 231 g/mol. The third kappa shape index (κ3) is 2.66. The van der Waals surface area contributed by atoms with E-state index in [4.69, 9.17) is 11.6 Å². The van der Waals surface area contributed by atoms with E-state index < -0.39 is 0 Å². The molecule has 3 heteroatoms. The summed E-state index contributed by atoms with van der Waals surface area (Å²) in [4.78, 5) is 14.2. The average molecular weight is 232 g/mol. The first-order chi connectivity index (χ1) is 6.90. The minimum absolute atomic E-state index is 0.121. The van der Waals surface area contributed by atoms with Crippen LogP contribution in [0.25, 0.3) is 0 Å². The van der Waals surface area contributed by atoms with E-state index in [9.17, 15) is 4.79 Å². The summed E-state index contributed by atoms with van der Waals surface area (Å²) < 4.78 is 0. The third-order valence-corrected chi connectivity index (χ3v) is 4.20. The zero-order chi connectivity index (χ0) is 11.6. The molecule has 15 heavy (non-hydrogen) atoms. The van der Waals surface area contributed by atoms with Gasteiger partial charge in [0.1, 0.15) is 0 Å². The number of amides is 1. The first kappa shape index (κ1) is 12.8. The van der Waals surface area contributed by atoms with Crippen molar-refractivity contribution in [2.45, 2.75) is 58.4 Å². The van der Waals surface area contributed by atoms with E-state index in [1.807, 2.05) is 18.7 Å². The largest absolute Gasteiger partial charge is 0.338 e. The second-order valence-corrected chi connectivity index (χ2v) is 5.70. The lowest BCUT2D eigenvalue weighted by Crippen LogP contribution is -2.51. The van der Waals surface area contributed by atoms with Crippen LogP contribution < -0.4 is 0 Å². The molecule has 2 unspecified atom stereocenters. The van der Waals surface area contributed by atoms with Crippen molar-refractivity contribution in [1.29, 1.82) is 0 Å². The van der Waals surface area contributed by atoms with Crippen LogP contribution in [-0.2, 0) is 4.79 Å². The van der Waals surface area contributed by atoms with Crippen LogP contribution in [0.5, 0.6) is 0 Å². The zero-order valence-electron chi connectivity index (χ0n) is 10.2. The molecule has 0 radical (unpaired) electrons. The van der Waals surface area contributed by atoms with E-state index >= 15 is 0 Å². The van der Waals surface area contributed by atoms with Gasteiger partial charge in [-0.3, -0.25) is 4.79 Å². The molecule has 1 amide bonds. The molecule has 0 bridgehead atoms. The van der Waals surface area contributed by atoms with Gasteiger partial charge in [-0.1, -0.05) is 20.8 Å². The summed E-state index contributed by atoms with van der Waals surface area (Å²) in [6.45, 7) is 9.01. The molecule has 0 aromatic heterocycles. The van der Waals surface area contributed by atoms with E-state index in [1.165, 1.54) is 0 Å². The summed E-state index contributed by atoms with van der Waals surface area (Å²) in [7, 11) is 0. The molecule has 1 heterocycles. The Morgan fingerprint density at radius 3 is 2.67 bits per heavy atom. The van der Waals surface area contributed by atoms with Gasteiger partial charge < -0.3 is 4.90 Å². The topological polar surface area (TPSA) is 20.3 Å². The van der Waals surface area contributed by atoms with Gasteiger partial charge >= 0.3 is 0 Å². The number of hydrogen-bond acceptors (Lipinski definition) is 1. The Labute approximate surface area is 98.0 Å². The van der Waals surface area contributed by atoms with Crippen molar-refractivity contribution < 1.29 is 4.79 Å². The van der Waals surface area contributed by atoms with Crippen molar-refractivity contribution in [3.63, 3.8) is 0 Å². The number of hydrogen-bond donors (Lipinski definition) is 0. The van der Waals surface area contributed by atoms with Crippen LogP contribution in [0.1, 0.15) is 47.0 Å². The molecule has 1 rings (SSSR count). The maximum Gasteiger partial charge on any atom is 0.228 e. The summed E-state index contributed by atoms with van der Waals surface area (Å²) in [6.07, 6.45) is 2.94. The molecular formula is C12H22ClNO. The van der Waals surface area contributed by atoms with E-state index in [0.717, 1.165) is 25.8 Å². The molecule has 2 nitrogen and oxygen atoms in total. The molecule has 0 aliphatic carbocycles. The smallest absolute Gasteiger partial charge is 0.228 e. The molecule has 1 aliphatic heterocycles. The molecule has 0 saturated carbocycles. The maximum absolute atomic E-state index is 12.3. The van der Waals surface area contributed by atoms with Crippen molar-refractivity contribution >= 4 is 17.5 Å². The van der Waals surface area contributed by atoms with Gasteiger partial charge in [0, 0.05) is 18.0 Å². The van der Waals surface area contributed by atoms with Crippen LogP contribution in [0.2, 0.25) is 0 Å². The number of halogens is 1. The van der Waals surface area contributed by atoms with E-state index in [1.54, 1.807) is 0 Å². The van der Waals surface area contributed by atoms with Gasteiger partial charge in [-0.05, 0) is 26.2 Å². The van der Waals surface area contributed by atoms with Crippen molar-refractivity contribution in [3.8, 4) is 0 Å². The molecule has 0 aromatic carbocycles. The lowest BCUT2D eigenvalue weighted by Gasteiger charge is -2.40. The molecule has 0 N–H and O–H groups in total. The summed E-state index contributed by atoms with van der Waals surface area (Å²) in [6, 6.07) is 0.179. The van der Waals surface area contributed by atoms with Crippen LogP contribution in [0.3, 0.4) is 0 Å². The molecule has 2 atom stereocenters. The fourth-order valence-corrected chi connectivity index (χ4v) is 2.21. The molecule has 0 spiro atoms. The normalized spacial score (nSPS) is 27.9. The number of likely N-dealkylation sites (tertiary alicyclic amines) is 1. The Balaban J connectivity index is 2.74. The Hall–Kier alpha value is -0.240. The lowest BCUT2D eigenvalue weighted by atomic mass is 9.87. The van der Waals surface area contributed by atoms with Crippen molar-refractivity contribution in [1.82, 2.24) is 4.90 Å². The Kier molecular flexibility index (Phi) is 4.05. The van der Waals surface area contributed by atoms with Gasteiger partial charge in [-0.15, -0.1) is 11.6 Å². The third-order valence-electron chi connectivity index (χ3n) is 3.62. The summed E-state index contributed by atoms with van der Waals surface area (Å²) >= 11 is 6.21. The zero-order valence-corrected chi connectivity index (χ0v) is 11.0. The highest BCUT2D eigenvalue weighted by Crippen LogP contribution is 2.29. The van der Waals surface area contributed by atoms with Crippen LogP contribution in [0.15, 0.2) is 0 Å². The van der Waals surface area contributed by atoms with E-state index in [-0.39, 0.29) is 22.7 Å². The molecule has 1 fully saturated rings. The number of carbonyl (C=O) groups excluding carboxylic acids is 1. The van der Waals surface area contributed by atoms with Gasteiger partial charge in [-0.25, -0.2) is 0 Å². The van der Waals surface area contributed by atoms with Crippen LogP contribution in [0, 0.1) is 5.41 Å². The highest BCUT2D eigenvalue weighted by atomic mass is 35.5. The number of alkyl halides is 1. The van der Waals surface area contributed by atoms with Crippen LogP contribution in [0.4, 0.5) is 0 Å². The molecule has 1 saturated heterocycles. The van der Waals surface area contributed by atoms with Crippen molar-refractivity contribution in [3.05, 3.63) is 0 Å². The molecule has 1 aliphatic rings. The van der Waals surface area contributed by atoms with E-state index in [2.05, 4.69) is 13.8 Å². The quantitative estimate of drug-likeness (QED) is 0.669. The molecule has 0 aromatic rings. The first-order valence-electron chi connectivity index (χ1n) is 5.85. The predicted octanol–water partition coefficient (Wildman–Crippen LogP) is 3.04. The minimum Gasteiger partial charge on any atom is -0.338 e. The Bertz CT molecular complexity index is 240. The van der Waals surface area contributed by atoms with Gasteiger partial charge in [-0.2, -0.15) is 0 Å². The predicted molar refractivity (Wildman–Crippen MR) is 64.1 cm³/mol. The van der Waals surface area contributed by atoms with Gasteiger partial charge in [0.05, 0.1) is 5.38 Å². The first-order valence-corrected chi connectivity index (χ1v) is 6.29. The lowest BCUT2D eigenvalue weighted by molar-refractivity contribution is -0.143. The number of piperidine rings is 1. The SMILES string of the molecule is CCC(C)(C)C(=O)N1CCCC(Cl)C1C. The summed E-state index contributed by atoms with van der Waals surface area (Å²) in [5.41, 5.74) is -0.248. The molecular weight excluding hydrogens is 210 g/mol. The van der Waals surface area contributed by atoms with Crippen LogP contribution in [-0.4, -0.2) is 28.8 Å². The highest BCUT2D eigenvalue weighted by Gasteiger charge is 2.36. The number of carbonyl (C=O) groups is 1. The maximum atomic E-state index is 12.3. The number of nitrogens with zero attached hydrogens (tertiary/aromatic N) is 1. The minimum atomic E-state index is -0.248. The molecule has 88 valence electrons. The Morgan fingerprint density at radius 1 is 1.53 bits per heavy atom. The standard InChI is InChI=1S/C12H22ClNO/c1-5-12(3,4)11(15)14-8-6-7-10(13)9(14)2/h9-10H,5-8H2,1-4H3. The average Bonchev–Trinajstić information content (AvgIpc) is 2.21. The number of rotatable bonds is 2. The fourth-order valence-electron chi connectivity index (χ4n) is 1.92. The summed E-state index contributed by atoms with van der Waals surface area (Å²) in [5, 5.41) is 0.121. The second kappa shape index (κ2) is 4.73. The summed E-state index contributed by atoms with van der Waals surface area (Å²) in [5.74, 6) is 0.253. The fraction of sp³-hybridized carbons (Fsp3) is 0.917. The van der Waals surface area contributed by atoms with E-state index in [0.29, 0.717) is 0 Å². The van der Waals surface area contributed by atoms with Crippen molar-refractivity contribution in [2.75, 3.05) is 6.54 Å². The van der Waals surface area contributed by atoms with Gasteiger partial charge in [0.15, 0.2) is 0 Å². The highest BCUT2D eigenvalue weighted by molar-refractivity contribution is 6.21. The van der Waals surface area contributed by atoms with Crippen molar-refractivity contribution in [2.24, 2.45) is 5.41 Å².